The third-order valence-corrected chi connectivity index (χ3v) is 7.91. The zero-order valence-corrected chi connectivity index (χ0v) is 23.0. The van der Waals surface area contributed by atoms with Crippen molar-refractivity contribution >= 4 is 39.1 Å². The molecule has 3 aromatic carbocycles. The van der Waals surface area contributed by atoms with Gasteiger partial charge in [-0.05, 0) is 62.2 Å². The fourth-order valence-corrected chi connectivity index (χ4v) is 5.72. The van der Waals surface area contributed by atoms with Gasteiger partial charge in [0, 0.05) is 12.6 Å². The first-order valence-electron chi connectivity index (χ1n) is 12.2. The van der Waals surface area contributed by atoms with E-state index in [1.54, 1.807) is 37.3 Å². The Bertz CT molecular complexity index is 1350. The van der Waals surface area contributed by atoms with Gasteiger partial charge in [0.05, 0.1) is 15.6 Å². The van der Waals surface area contributed by atoms with E-state index in [9.17, 15) is 22.4 Å². The largest absolute Gasteiger partial charge is 0.352 e. The van der Waals surface area contributed by atoms with Crippen LogP contribution in [0.25, 0.3) is 0 Å². The number of para-hydroxylation sites is 1. The molecule has 0 bridgehead atoms. The Labute approximate surface area is 228 Å². The lowest BCUT2D eigenvalue weighted by molar-refractivity contribution is -0.140. The first kappa shape index (κ1) is 29.1. The first-order valence-corrected chi connectivity index (χ1v) is 14.0. The Morgan fingerprint density at radius 2 is 1.55 bits per heavy atom. The van der Waals surface area contributed by atoms with Crippen LogP contribution in [0.4, 0.5) is 10.1 Å². The lowest BCUT2D eigenvalue weighted by Crippen LogP contribution is -2.53. The van der Waals surface area contributed by atoms with E-state index in [0.717, 1.165) is 4.31 Å². The maximum Gasteiger partial charge on any atom is 0.264 e. The summed E-state index contributed by atoms with van der Waals surface area (Å²) in [4.78, 5) is 28.3. The molecule has 3 aromatic rings. The average molecular weight is 560 g/mol. The van der Waals surface area contributed by atoms with Gasteiger partial charge in [-0.3, -0.25) is 13.9 Å². The van der Waals surface area contributed by atoms with Gasteiger partial charge in [0.1, 0.15) is 18.4 Å². The van der Waals surface area contributed by atoms with Crippen LogP contribution in [0.15, 0.2) is 83.8 Å². The van der Waals surface area contributed by atoms with Crippen LogP contribution in [0.1, 0.15) is 32.8 Å². The van der Waals surface area contributed by atoms with Crippen molar-refractivity contribution in [3.63, 3.8) is 0 Å². The number of carbonyl (C=O) groups excluding carboxylic acids is 2. The van der Waals surface area contributed by atoms with Gasteiger partial charge in [-0.15, -0.1) is 0 Å². The summed E-state index contributed by atoms with van der Waals surface area (Å²) in [6.07, 6.45) is 0.281. The van der Waals surface area contributed by atoms with Crippen molar-refractivity contribution in [2.45, 2.75) is 50.7 Å². The molecule has 0 radical (unpaired) electrons. The van der Waals surface area contributed by atoms with E-state index < -0.39 is 34.3 Å². The van der Waals surface area contributed by atoms with E-state index >= 15 is 0 Å². The summed E-state index contributed by atoms with van der Waals surface area (Å²) in [5, 5.41) is 2.98. The lowest BCUT2D eigenvalue weighted by Gasteiger charge is -2.33. The maximum absolute atomic E-state index is 13.9. The first-order chi connectivity index (χ1) is 18.0. The molecule has 0 spiro atoms. The lowest BCUT2D eigenvalue weighted by atomic mass is 10.1. The van der Waals surface area contributed by atoms with E-state index in [-0.39, 0.29) is 40.5 Å². The maximum atomic E-state index is 13.9. The number of nitrogens with zero attached hydrogens (tertiary/aromatic N) is 2. The van der Waals surface area contributed by atoms with Crippen LogP contribution in [0, 0.1) is 5.82 Å². The summed E-state index contributed by atoms with van der Waals surface area (Å²) in [5.41, 5.74) is 0.721. The molecule has 0 saturated carbocycles. The van der Waals surface area contributed by atoms with Crippen LogP contribution in [0.3, 0.4) is 0 Å². The predicted molar refractivity (Wildman–Crippen MR) is 147 cm³/mol. The molecule has 0 saturated heterocycles. The Hall–Kier alpha value is -3.43. The minimum Gasteiger partial charge on any atom is -0.352 e. The fourth-order valence-electron chi connectivity index (χ4n) is 3.97. The van der Waals surface area contributed by atoms with Crippen LogP contribution >= 0.6 is 11.6 Å². The van der Waals surface area contributed by atoms with Gasteiger partial charge < -0.3 is 10.2 Å². The Balaban J connectivity index is 2.06. The smallest absolute Gasteiger partial charge is 0.264 e. The minimum atomic E-state index is -4.20. The molecular weight excluding hydrogens is 529 g/mol. The number of anilines is 1. The normalized spacial score (nSPS) is 12.2. The van der Waals surface area contributed by atoms with Crippen LogP contribution in [-0.4, -0.2) is 43.8 Å². The van der Waals surface area contributed by atoms with Crippen molar-refractivity contribution < 1.29 is 22.4 Å². The average Bonchev–Trinajstić information content (AvgIpc) is 2.88. The number of carbonyl (C=O) groups is 2. The standard InChI is InChI=1S/C28H31ClFN3O4S/c1-4-25(28(35)31-20(2)3)32(18-21-14-16-22(30)17-15-21)27(34)19-33(26-13-9-8-12-24(26)29)38(36,37)23-10-6-5-7-11-23/h5-17,20,25H,4,18-19H2,1-3H3,(H,31,35)/t25-/m0/s1. The monoisotopic (exact) mass is 559 g/mol. The second kappa shape index (κ2) is 12.9. The number of amides is 2. The Morgan fingerprint density at radius 1 is 0.947 bits per heavy atom. The molecule has 0 aromatic heterocycles. The Morgan fingerprint density at radius 3 is 2.13 bits per heavy atom. The summed E-state index contributed by atoms with van der Waals surface area (Å²) in [6.45, 7) is 4.76. The van der Waals surface area contributed by atoms with E-state index in [4.69, 9.17) is 11.6 Å². The van der Waals surface area contributed by atoms with E-state index in [1.165, 1.54) is 53.4 Å². The van der Waals surface area contributed by atoms with E-state index in [2.05, 4.69) is 5.32 Å². The van der Waals surface area contributed by atoms with Gasteiger partial charge in [0.15, 0.2) is 0 Å². The van der Waals surface area contributed by atoms with Crippen LogP contribution in [0.2, 0.25) is 5.02 Å². The quantitative estimate of drug-likeness (QED) is 0.358. The third kappa shape index (κ3) is 7.11. The molecule has 0 heterocycles. The summed E-state index contributed by atoms with van der Waals surface area (Å²) < 4.78 is 42.0. The number of sulfonamides is 1. The van der Waals surface area contributed by atoms with E-state index in [1.807, 2.05) is 13.8 Å². The molecule has 0 aliphatic rings. The SMILES string of the molecule is CC[C@@H](C(=O)NC(C)C)N(Cc1ccc(F)cc1)C(=O)CN(c1ccccc1Cl)S(=O)(=O)c1ccccc1. The molecule has 202 valence electrons. The van der Waals surface area contributed by atoms with Gasteiger partial charge in [0.25, 0.3) is 10.0 Å². The number of halogens is 2. The highest BCUT2D eigenvalue weighted by atomic mass is 35.5. The Kier molecular flexibility index (Phi) is 9.88. The summed E-state index contributed by atoms with van der Waals surface area (Å²) in [5.74, 6) is -1.41. The third-order valence-electron chi connectivity index (χ3n) is 5.81. The predicted octanol–water partition coefficient (Wildman–Crippen LogP) is 5.01. The van der Waals surface area contributed by atoms with Gasteiger partial charge in [0.2, 0.25) is 11.8 Å². The van der Waals surface area contributed by atoms with Crippen molar-refractivity contribution in [1.82, 2.24) is 10.2 Å². The molecule has 3 rings (SSSR count). The summed E-state index contributed by atoms with van der Waals surface area (Å²) in [6, 6.07) is 18.6. The minimum absolute atomic E-state index is 0.0117. The van der Waals surface area contributed by atoms with Gasteiger partial charge in [-0.1, -0.05) is 61.0 Å². The molecule has 0 unspecified atom stereocenters. The highest BCUT2D eigenvalue weighted by Crippen LogP contribution is 2.30. The zero-order chi connectivity index (χ0) is 27.9. The second-order valence-corrected chi connectivity index (χ2v) is 11.3. The van der Waals surface area contributed by atoms with E-state index in [0.29, 0.717) is 5.56 Å². The molecule has 0 aliphatic heterocycles. The van der Waals surface area contributed by atoms with Crippen molar-refractivity contribution in [3.05, 3.63) is 95.3 Å². The highest BCUT2D eigenvalue weighted by Gasteiger charge is 2.34. The van der Waals surface area contributed by atoms with Gasteiger partial charge >= 0.3 is 0 Å². The van der Waals surface area contributed by atoms with Crippen LogP contribution in [0.5, 0.6) is 0 Å². The fraction of sp³-hybridized carbons (Fsp3) is 0.286. The highest BCUT2D eigenvalue weighted by molar-refractivity contribution is 7.92. The number of rotatable bonds is 11. The molecule has 38 heavy (non-hydrogen) atoms. The van der Waals surface area contributed by atoms with Crippen molar-refractivity contribution in [3.8, 4) is 0 Å². The topological polar surface area (TPSA) is 86.8 Å². The number of hydrogen-bond acceptors (Lipinski definition) is 4. The molecule has 10 heteroatoms. The molecule has 1 N–H and O–H groups in total. The number of nitrogens with one attached hydrogen (secondary N) is 1. The van der Waals surface area contributed by atoms with Gasteiger partial charge in [-0.25, -0.2) is 12.8 Å². The van der Waals surface area contributed by atoms with Crippen LogP contribution < -0.4 is 9.62 Å². The molecule has 2 amide bonds. The van der Waals surface area contributed by atoms with Crippen LogP contribution in [-0.2, 0) is 26.2 Å². The molecule has 7 nitrogen and oxygen atoms in total. The second-order valence-electron chi connectivity index (χ2n) is 9.01. The molecule has 0 aliphatic carbocycles. The summed E-state index contributed by atoms with van der Waals surface area (Å²) >= 11 is 6.39. The van der Waals surface area contributed by atoms with Crippen molar-refractivity contribution in [1.29, 1.82) is 0 Å². The van der Waals surface area contributed by atoms with Crippen molar-refractivity contribution in [2.75, 3.05) is 10.8 Å². The summed E-state index contributed by atoms with van der Waals surface area (Å²) in [7, 11) is -4.20. The van der Waals surface area contributed by atoms with Gasteiger partial charge in [-0.2, -0.15) is 0 Å². The molecular formula is C28H31ClFN3O4S. The van der Waals surface area contributed by atoms with Crippen molar-refractivity contribution in [2.24, 2.45) is 0 Å². The zero-order valence-electron chi connectivity index (χ0n) is 21.5. The number of hydrogen-bond donors (Lipinski definition) is 1. The number of benzene rings is 3. The molecule has 0 fully saturated rings. The molecule has 1 atom stereocenters.